The van der Waals surface area contributed by atoms with E-state index in [0.717, 1.165) is 33.9 Å². The number of aryl methyl sites for hydroxylation is 1. The van der Waals surface area contributed by atoms with Gasteiger partial charge in [0, 0.05) is 24.6 Å². The van der Waals surface area contributed by atoms with Crippen molar-refractivity contribution in [2.75, 3.05) is 11.5 Å². The van der Waals surface area contributed by atoms with E-state index in [1.807, 2.05) is 18.5 Å². The Morgan fingerprint density at radius 2 is 2.27 bits per heavy atom. The molecule has 0 saturated carbocycles. The van der Waals surface area contributed by atoms with Gasteiger partial charge in [0.25, 0.3) is 0 Å². The number of sulfone groups is 1. The summed E-state index contributed by atoms with van der Waals surface area (Å²) in [6.45, 7) is 1.99. The maximum Gasteiger partial charge on any atom is 0.191 e. The van der Waals surface area contributed by atoms with E-state index in [0.29, 0.717) is 12.2 Å². The van der Waals surface area contributed by atoms with Crippen LogP contribution >= 0.6 is 23.1 Å². The molecule has 0 aliphatic carbocycles. The largest absolute Gasteiger partial charge is 0.309 e. The predicted octanol–water partition coefficient (Wildman–Crippen LogP) is 1.85. The molecular weight excluding hydrogens is 340 g/mol. The van der Waals surface area contributed by atoms with Crippen LogP contribution in [0.3, 0.4) is 0 Å². The molecule has 1 fully saturated rings. The molecule has 2 aromatic rings. The van der Waals surface area contributed by atoms with Gasteiger partial charge in [-0.15, -0.1) is 21.5 Å². The second kappa shape index (κ2) is 6.29. The molecule has 120 valence electrons. The third-order valence-electron chi connectivity index (χ3n) is 3.74. The zero-order valence-corrected chi connectivity index (χ0v) is 15.0. The van der Waals surface area contributed by atoms with Crippen molar-refractivity contribution in [3.63, 3.8) is 0 Å². The molecule has 3 rings (SSSR count). The quantitative estimate of drug-likeness (QED) is 0.759. The average molecular weight is 359 g/mol. The number of nitrogens with zero attached hydrogens (tertiary/aromatic N) is 4. The Bertz CT molecular complexity index is 766. The summed E-state index contributed by atoms with van der Waals surface area (Å²) in [7, 11) is -0.897. The first kappa shape index (κ1) is 15.9. The fourth-order valence-electron chi connectivity index (χ4n) is 2.55. The first-order chi connectivity index (χ1) is 10.4. The van der Waals surface area contributed by atoms with Crippen LogP contribution in [0.5, 0.6) is 0 Å². The number of thiazole rings is 1. The van der Waals surface area contributed by atoms with E-state index in [4.69, 9.17) is 0 Å². The highest BCUT2D eigenvalue weighted by atomic mass is 32.2. The molecule has 1 atom stereocenters. The van der Waals surface area contributed by atoms with Crippen molar-refractivity contribution < 1.29 is 8.42 Å². The van der Waals surface area contributed by atoms with Gasteiger partial charge in [0.15, 0.2) is 15.0 Å². The van der Waals surface area contributed by atoms with Crippen molar-refractivity contribution in [1.82, 2.24) is 19.7 Å². The highest BCUT2D eigenvalue weighted by Crippen LogP contribution is 2.25. The highest BCUT2D eigenvalue weighted by Gasteiger charge is 2.29. The Labute approximate surface area is 138 Å². The Balaban J connectivity index is 1.62. The molecule has 0 N–H and O–H groups in total. The predicted molar refractivity (Wildman–Crippen MR) is 87.9 cm³/mol. The second-order valence-electron chi connectivity index (χ2n) is 5.58. The van der Waals surface area contributed by atoms with Gasteiger partial charge in [0.05, 0.1) is 22.2 Å². The summed E-state index contributed by atoms with van der Waals surface area (Å²) >= 11 is 3.25. The summed E-state index contributed by atoms with van der Waals surface area (Å²) in [5, 5.41) is 12.4. The van der Waals surface area contributed by atoms with E-state index >= 15 is 0 Å². The SMILES string of the molecule is Cc1nc(CSc2nnc(C[C@@H]3CCS(=O)(=O)C3)n2C)cs1. The van der Waals surface area contributed by atoms with Gasteiger partial charge in [-0.05, 0) is 19.3 Å². The monoisotopic (exact) mass is 358 g/mol. The molecule has 6 nitrogen and oxygen atoms in total. The van der Waals surface area contributed by atoms with Gasteiger partial charge in [-0.1, -0.05) is 11.8 Å². The lowest BCUT2D eigenvalue weighted by Crippen LogP contribution is -2.11. The summed E-state index contributed by atoms with van der Waals surface area (Å²) in [5.41, 5.74) is 1.05. The Morgan fingerprint density at radius 3 is 2.91 bits per heavy atom. The summed E-state index contributed by atoms with van der Waals surface area (Å²) in [6.07, 6.45) is 1.41. The first-order valence-electron chi connectivity index (χ1n) is 7.05. The molecule has 1 saturated heterocycles. The third-order valence-corrected chi connectivity index (χ3v) is 7.45. The summed E-state index contributed by atoms with van der Waals surface area (Å²) < 4.78 is 25.0. The van der Waals surface area contributed by atoms with E-state index in [9.17, 15) is 8.42 Å². The minimum absolute atomic E-state index is 0.173. The van der Waals surface area contributed by atoms with Gasteiger partial charge in [0.2, 0.25) is 0 Å². The smallest absolute Gasteiger partial charge is 0.191 e. The first-order valence-corrected chi connectivity index (χ1v) is 10.7. The molecule has 0 radical (unpaired) electrons. The minimum Gasteiger partial charge on any atom is -0.309 e. The molecule has 9 heteroatoms. The van der Waals surface area contributed by atoms with Crippen LogP contribution in [0.1, 0.15) is 22.9 Å². The number of thioether (sulfide) groups is 1. The van der Waals surface area contributed by atoms with Crippen molar-refractivity contribution >= 4 is 32.9 Å². The lowest BCUT2D eigenvalue weighted by atomic mass is 10.1. The minimum atomic E-state index is -2.84. The maximum absolute atomic E-state index is 11.5. The number of hydrogen-bond acceptors (Lipinski definition) is 7. The maximum atomic E-state index is 11.5. The molecule has 3 heterocycles. The lowest BCUT2D eigenvalue weighted by Gasteiger charge is -2.07. The normalized spacial score (nSPS) is 20.5. The van der Waals surface area contributed by atoms with Gasteiger partial charge in [-0.3, -0.25) is 0 Å². The fourth-order valence-corrected chi connectivity index (χ4v) is 5.96. The number of aromatic nitrogens is 4. The highest BCUT2D eigenvalue weighted by molar-refractivity contribution is 7.98. The van der Waals surface area contributed by atoms with Crippen LogP contribution in [0.25, 0.3) is 0 Å². The zero-order chi connectivity index (χ0) is 15.7. The molecule has 2 aromatic heterocycles. The van der Waals surface area contributed by atoms with Crippen LogP contribution in [0.4, 0.5) is 0 Å². The molecule has 22 heavy (non-hydrogen) atoms. The van der Waals surface area contributed by atoms with Crippen molar-refractivity contribution in [3.8, 4) is 0 Å². The Kier molecular flexibility index (Phi) is 4.56. The van der Waals surface area contributed by atoms with E-state index < -0.39 is 9.84 Å². The lowest BCUT2D eigenvalue weighted by molar-refractivity contribution is 0.552. The van der Waals surface area contributed by atoms with E-state index in [-0.39, 0.29) is 11.7 Å². The molecule has 0 amide bonds. The van der Waals surface area contributed by atoms with Crippen LogP contribution in [0, 0.1) is 12.8 Å². The Hall–Kier alpha value is -0.930. The molecular formula is C13H18N4O2S3. The zero-order valence-electron chi connectivity index (χ0n) is 12.5. The van der Waals surface area contributed by atoms with Crippen molar-refractivity contribution in [1.29, 1.82) is 0 Å². The number of rotatable bonds is 5. The number of hydrogen-bond donors (Lipinski definition) is 0. The van der Waals surface area contributed by atoms with Crippen LogP contribution in [-0.4, -0.2) is 39.7 Å². The third kappa shape index (κ3) is 3.69. The van der Waals surface area contributed by atoms with E-state index in [2.05, 4.69) is 20.6 Å². The molecule has 0 unspecified atom stereocenters. The van der Waals surface area contributed by atoms with Crippen molar-refractivity contribution in [2.24, 2.45) is 13.0 Å². The molecule has 0 aromatic carbocycles. The van der Waals surface area contributed by atoms with Gasteiger partial charge in [-0.2, -0.15) is 0 Å². The summed E-state index contributed by atoms with van der Waals surface area (Å²) in [4.78, 5) is 4.43. The van der Waals surface area contributed by atoms with Gasteiger partial charge < -0.3 is 4.57 Å². The molecule has 0 spiro atoms. The van der Waals surface area contributed by atoms with Crippen molar-refractivity contribution in [3.05, 3.63) is 21.9 Å². The van der Waals surface area contributed by atoms with Crippen molar-refractivity contribution in [2.45, 2.75) is 30.7 Å². The van der Waals surface area contributed by atoms with Gasteiger partial charge in [-0.25, -0.2) is 13.4 Å². The molecule has 0 bridgehead atoms. The van der Waals surface area contributed by atoms with E-state index in [1.165, 1.54) is 0 Å². The summed E-state index contributed by atoms with van der Waals surface area (Å²) in [5.74, 6) is 2.39. The standard InChI is InChI=1S/C13H18N4O2S3/c1-9-14-11(6-20-9)7-21-13-16-15-12(17(13)2)5-10-3-4-22(18,19)8-10/h6,10H,3-5,7-8H2,1-2H3/t10-/m0/s1. The van der Waals surface area contributed by atoms with E-state index in [1.54, 1.807) is 23.1 Å². The van der Waals surface area contributed by atoms with Crippen LogP contribution < -0.4 is 0 Å². The second-order valence-corrected chi connectivity index (χ2v) is 9.81. The molecule has 1 aliphatic rings. The summed E-state index contributed by atoms with van der Waals surface area (Å²) in [6, 6.07) is 0. The fraction of sp³-hybridized carbons (Fsp3) is 0.615. The Morgan fingerprint density at radius 1 is 1.45 bits per heavy atom. The topological polar surface area (TPSA) is 77.7 Å². The van der Waals surface area contributed by atoms with Gasteiger partial charge >= 0.3 is 0 Å². The average Bonchev–Trinajstić information content (AvgIpc) is 3.11. The molecule has 1 aliphatic heterocycles. The van der Waals surface area contributed by atoms with Gasteiger partial charge in [0.1, 0.15) is 5.82 Å². The van der Waals surface area contributed by atoms with Crippen LogP contribution in [0.2, 0.25) is 0 Å². The van der Waals surface area contributed by atoms with Crippen LogP contribution in [0.15, 0.2) is 10.5 Å². The van der Waals surface area contributed by atoms with Crippen LogP contribution in [-0.2, 0) is 29.1 Å².